The molecule has 1 N–H and O–H groups in total. The zero-order valence-electron chi connectivity index (χ0n) is 13.2. The number of benzene rings is 1. The minimum absolute atomic E-state index is 0.149. The molecule has 0 fully saturated rings. The number of aliphatic hydroxyl groups is 1. The van der Waals surface area contributed by atoms with Crippen LogP contribution in [0, 0.1) is 0 Å². The summed E-state index contributed by atoms with van der Waals surface area (Å²) >= 11 is 0. The molecular weight excluding hydrogens is 248 g/mol. The highest BCUT2D eigenvalue weighted by molar-refractivity contribution is 6.83. The third-order valence-electron chi connectivity index (χ3n) is 4.72. The molecule has 1 nitrogen and oxygen atoms in total. The lowest BCUT2D eigenvalue weighted by molar-refractivity contribution is 0.160. The first-order valence-corrected chi connectivity index (χ1v) is 10.0. The van der Waals surface area contributed by atoms with Crippen molar-refractivity contribution in [2.45, 2.75) is 57.5 Å². The Hall–Kier alpha value is -0.863. The zero-order chi connectivity index (χ0) is 14.7. The van der Waals surface area contributed by atoms with Crippen molar-refractivity contribution in [3.63, 3.8) is 0 Å². The van der Waals surface area contributed by atoms with Gasteiger partial charge in [0.1, 0.15) is 0 Å². The summed E-state index contributed by atoms with van der Waals surface area (Å²) in [5.41, 5.74) is 1.20. The van der Waals surface area contributed by atoms with Gasteiger partial charge in [0.05, 0.1) is 13.3 Å². The second kappa shape index (κ2) is 5.64. The number of hydrogen-bond acceptors (Lipinski definition) is 1. The summed E-state index contributed by atoms with van der Waals surface area (Å²) in [6, 6.07) is 10.3. The molecule has 1 atom stereocenters. The van der Waals surface area contributed by atoms with Crippen LogP contribution in [0.25, 0.3) is 0 Å². The van der Waals surface area contributed by atoms with E-state index in [0.717, 1.165) is 0 Å². The molecule has 0 saturated heterocycles. The van der Waals surface area contributed by atoms with Crippen LogP contribution in [0.2, 0.25) is 18.1 Å². The Labute approximate surface area is 119 Å². The van der Waals surface area contributed by atoms with Crippen molar-refractivity contribution in [2.24, 2.45) is 0 Å². The van der Waals surface area contributed by atoms with E-state index in [1.54, 1.807) is 0 Å². The Kier molecular flexibility index (Phi) is 4.80. The first kappa shape index (κ1) is 16.2. The average molecular weight is 276 g/mol. The third-order valence-corrected chi connectivity index (χ3v) is 11.0. The molecule has 0 aromatic heterocycles. The van der Waals surface area contributed by atoms with Crippen molar-refractivity contribution in [1.29, 1.82) is 0 Å². The quantitative estimate of drug-likeness (QED) is 0.630. The molecule has 0 heterocycles. The molecule has 1 aromatic carbocycles. The Bertz CT molecular complexity index is 428. The molecule has 0 saturated carbocycles. The SMILES string of the molecule is C/C=C/C(O)(Cc1ccccc1)[Si](C)(C)C(C)(C)C. The highest BCUT2D eigenvalue weighted by Crippen LogP contribution is 2.44. The summed E-state index contributed by atoms with van der Waals surface area (Å²) in [5.74, 6) is 0. The molecule has 106 valence electrons. The first-order valence-electron chi connectivity index (χ1n) is 7.04. The number of hydrogen-bond donors (Lipinski definition) is 1. The van der Waals surface area contributed by atoms with E-state index in [1.807, 2.05) is 37.3 Å². The molecule has 0 bridgehead atoms. The second-order valence-corrected chi connectivity index (χ2v) is 12.6. The summed E-state index contributed by atoms with van der Waals surface area (Å²) < 4.78 is 0. The van der Waals surface area contributed by atoms with Gasteiger partial charge in [-0.25, -0.2) is 0 Å². The number of rotatable bonds is 4. The van der Waals surface area contributed by atoms with Crippen LogP contribution in [0.3, 0.4) is 0 Å². The molecule has 0 spiro atoms. The van der Waals surface area contributed by atoms with Crippen LogP contribution >= 0.6 is 0 Å². The number of allylic oxidation sites excluding steroid dienone is 1. The lowest BCUT2D eigenvalue weighted by Gasteiger charge is -2.48. The van der Waals surface area contributed by atoms with E-state index < -0.39 is 13.3 Å². The Morgan fingerprint density at radius 3 is 2.05 bits per heavy atom. The predicted molar refractivity (Wildman–Crippen MR) is 87.1 cm³/mol. The van der Waals surface area contributed by atoms with Crippen molar-refractivity contribution in [3.05, 3.63) is 48.0 Å². The molecule has 19 heavy (non-hydrogen) atoms. The van der Waals surface area contributed by atoms with Crippen LogP contribution in [-0.4, -0.2) is 18.4 Å². The Morgan fingerprint density at radius 1 is 1.11 bits per heavy atom. The van der Waals surface area contributed by atoms with Gasteiger partial charge >= 0.3 is 0 Å². The van der Waals surface area contributed by atoms with Gasteiger partial charge in [0, 0.05) is 6.42 Å². The van der Waals surface area contributed by atoms with Gasteiger partial charge in [-0.3, -0.25) is 0 Å². The summed E-state index contributed by atoms with van der Waals surface area (Å²) in [6.07, 6.45) is 4.70. The third kappa shape index (κ3) is 3.37. The van der Waals surface area contributed by atoms with Crippen LogP contribution in [0.1, 0.15) is 33.3 Å². The summed E-state index contributed by atoms with van der Waals surface area (Å²) in [5, 5.41) is 10.7. The topological polar surface area (TPSA) is 20.2 Å². The highest BCUT2D eigenvalue weighted by Gasteiger charge is 2.50. The predicted octanol–water partition coefficient (Wildman–Crippen LogP) is 4.58. The van der Waals surface area contributed by atoms with Gasteiger partial charge in [-0.2, -0.15) is 0 Å². The average Bonchev–Trinajstić information content (AvgIpc) is 2.28. The van der Waals surface area contributed by atoms with Gasteiger partial charge in [-0.15, -0.1) is 0 Å². The fraction of sp³-hybridized carbons (Fsp3) is 0.529. The monoisotopic (exact) mass is 276 g/mol. The summed E-state index contributed by atoms with van der Waals surface area (Å²) in [7, 11) is -1.89. The van der Waals surface area contributed by atoms with E-state index in [0.29, 0.717) is 6.42 Å². The van der Waals surface area contributed by atoms with Gasteiger partial charge in [0.15, 0.2) is 0 Å². The fourth-order valence-electron chi connectivity index (χ4n) is 2.32. The van der Waals surface area contributed by atoms with Crippen molar-refractivity contribution in [3.8, 4) is 0 Å². The van der Waals surface area contributed by atoms with Gasteiger partial charge in [0.2, 0.25) is 0 Å². The molecule has 1 unspecified atom stereocenters. The molecule has 0 radical (unpaired) electrons. The molecule has 0 aliphatic carbocycles. The van der Waals surface area contributed by atoms with E-state index in [4.69, 9.17) is 0 Å². The lowest BCUT2D eigenvalue weighted by atomic mass is 10.1. The van der Waals surface area contributed by atoms with Crippen LogP contribution < -0.4 is 0 Å². The minimum atomic E-state index is -1.89. The molecule has 1 rings (SSSR count). The van der Waals surface area contributed by atoms with Crippen LogP contribution in [0.5, 0.6) is 0 Å². The second-order valence-electron chi connectivity index (χ2n) is 6.96. The van der Waals surface area contributed by atoms with E-state index in [9.17, 15) is 5.11 Å². The highest BCUT2D eigenvalue weighted by atomic mass is 28.3. The maximum absolute atomic E-state index is 11.3. The van der Waals surface area contributed by atoms with E-state index >= 15 is 0 Å². The lowest BCUT2D eigenvalue weighted by Crippen LogP contribution is -2.59. The van der Waals surface area contributed by atoms with E-state index in [-0.39, 0.29) is 5.04 Å². The molecular formula is C17H28OSi. The fourth-order valence-corrected chi connectivity index (χ4v) is 4.85. The molecule has 0 amide bonds. The largest absolute Gasteiger partial charge is 0.389 e. The zero-order valence-corrected chi connectivity index (χ0v) is 14.2. The van der Waals surface area contributed by atoms with Crippen molar-refractivity contribution < 1.29 is 5.11 Å². The smallest absolute Gasteiger partial charge is 0.0957 e. The maximum atomic E-state index is 11.3. The standard InChI is InChI=1S/C17H28OSi/c1-7-13-17(18,19(5,6)16(2,3)4)14-15-11-9-8-10-12-15/h7-13,18H,14H2,1-6H3/b13-7+. The molecule has 0 aliphatic rings. The maximum Gasteiger partial charge on any atom is 0.0957 e. The van der Waals surface area contributed by atoms with Gasteiger partial charge in [-0.05, 0) is 17.5 Å². The van der Waals surface area contributed by atoms with Crippen LogP contribution in [-0.2, 0) is 6.42 Å². The summed E-state index contributed by atoms with van der Waals surface area (Å²) in [4.78, 5) is 0. The van der Waals surface area contributed by atoms with Gasteiger partial charge < -0.3 is 5.11 Å². The molecule has 0 aliphatic heterocycles. The minimum Gasteiger partial charge on any atom is -0.389 e. The van der Waals surface area contributed by atoms with E-state index in [2.05, 4.69) is 46.0 Å². The first-order chi connectivity index (χ1) is 8.64. The van der Waals surface area contributed by atoms with Crippen molar-refractivity contribution in [1.82, 2.24) is 0 Å². The van der Waals surface area contributed by atoms with Crippen LogP contribution in [0.15, 0.2) is 42.5 Å². The van der Waals surface area contributed by atoms with Crippen molar-refractivity contribution in [2.75, 3.05) is 0 Å². The molecule has 2 heteroatoms. The van der Waals surface area contributed by atoms with Crippen molar-refractivity contribution >= 4 is 8.07 Å². The van der Waals surface area contributed by atoms with Gasteiger partial charge in [-0.1, -0.05) is 76.3 Å². The van der Waals surface area contributed by atoms with Gasteiger partial charge in [0.25, 0.3) is 0 Å². The Balaban J connectivity index is 3.18. The summed E-state index contributed by atoms with van der Waals surface area (Å²) in [6.45, 7) is 13.3. The normalized spacial score (nSPS) is 16.6. The van der Waals surface area contributed by atoms with Crippen LogP contribution in [0.4, 0.5) is 0 Å². The molecule has 1 aromatic rings. The Morgan fingerprint density at radius 2 is 1.63 bits per heavy atom. The van der Waals surface area contributed by atoms with E-state index in [1.165, 1.54) is 5.56 Å².